The van der Waals surface area contributed by atoms with Crippen molar-refractivity contribution in [3.63, 3.8) is 0 Å². The highest BCUT2D eigenvalue weighted by Crippen LogP contribution is 2.42. The predicted octanol–water partition coefficient (Wildman–Crippen LogP) is 3.51. The Morgan fingerprint density at radius 2 is 2.04 bits per heavy atom. The van der Waals surface area contributed by atoms with Crippen LogP contribution in [0.5, 0.6) is 0 Å². The van der Waals surface area contributed by atoms with Gasteiger partial charge in [0, 0.05) is 32.7 Å². The summed E-state index contributed by atoms with van der Waals surface area (Å²) < 4.78 is 0. The van der Waals surface area contributed by atoms with Gasteiger partial charge < -0.3 is 16.0 Å². The van der Waals surface area contributed by atoms with E-state index in [-0.39, 0.29) is 29.9 Å². The number of amides is 1. The maximum Gasteiger partial charge on any atom is 0.221 e. The minimum absolute atomic E-state index is 0. The van der Waals surface area contributed by atoms with E-state index in [1.165, 1.54) is 32.6 Å². The maximum atomic E-state index is 11.1. The Morgan fingerprint density at radius 1 is 1.29 bits per heavy atom. The molecule has 0 saturated heterocycles. The van der Waals surface area contributed by atoms with Crippen LogP contribution < -0.4 is 16.0 Å². The van der Waals surface area contributed by atoms with E-state index < -0.39 is 0 Å². The lowest BCUT2D eigenvalue weighted by atomic mass is 9.67. The van der Waals surface area contributed by atoms with E-state index in [1.807, 2.05) is 24.3 Å². The summed E-state index contributed by atoms with van der Waals surface area (Å²) >= 11 is 0. The molecule has 1 amide bonds. The summed E-state index contributed by atoms with van der Waals surface area (Å²) in [5, 5.41) is 9.59. The molecular formula is C18H29IN4O. The van der Waals surface area contributed by atoms with Gasteiger partial charge in [0.2, 0.25) is 5.91 Å². The molecule has 1 aliphatic carbocycles. The zero-order chi connectivity index (χ0) is 16.7. The zero-order valence-electron chi connectivity index (χ0n) is 14.8. The second-order valence-corrected chi connectivity index (χ2v) is 6.37. The number of carbonyl (C=O) groups is 1. The van der Waals surface area contributed by atoms with Crippen LogP contribution in [0.15, 0.2) is 29.3 Å². The Kier molecular flexibility index (Phi) is 8.52. The van der Waals surface area contributed by atoms with Crippen molar-refractivity contribution in [3.8, 4) is 0 Å². The van der Waals surface area contributed by atoms with Crippen LogP contribution in [0.2, 0.25) is 0 Å². The van der Waals surface area contributed by atoms with Crippen molar-refractivity contribution >= 4 is 41.5 Å². The Bertz CT molecular complexity index is 564. The topological polar surface area (TPSA) is 65.5 Å². The minimum atomic E-state index is -0.0575. The molecule has 1 aliphatic rings. The number of halogens is 1. The number of carbonyl (C=O) groups excluding carboxylic acids is 1. The van der Waals surface area contributed by atoms with Gasteiger partial charge in [0.05, 0.1) is 0 Å². The van der Waals surface area contributed by atoms with Crippen LogP contribution in [0, 0.1) is 5.41 Å². The van der Waals surface area contributed by atoms with Gasteiger partial charge in [-0.15, -0.1) is 24.0 Å². The number of nitrogens with one attached hydrogen (secondary N) is 3. The Hall–Kier alpha value is -1.31. The van der Waals surface area contributed by atoms with E-state index in [1.54, 1.807) is 7.05 Å². The van der Waals surface area contributed by atoms with Crippen molar-refractivity contribution in [2.75, 3.05) is 18.9 Å². The van der Waals surface area contributed by atoms with Crippen LogP contribution in [-0.4, -0.2) is 25.5 Å². The summed E-state index contributed by atoms with van der Waals surface area (Å²) in [6.45, 7) is 5.44. The van der Waals surface area contributed by atoms with Gasteiger partial charge in [-0.05, 0) is 42.4 Å². The van der Waals surface area contributed by atoms with Crippen molar-refractivity contribution in [3.05, 3.63) is 29.8 Å². The van der Waals surface area contributed by atoms with E-state index in [9.17, 15) is 4.79 Å². The van der Waals surface area contributed by atoms with Crippen LogP contribution in [0.25, 0.3) is 0 Å². The Balaban J connectivity index is 0.00000288. The molecule has 5 nitrogen and oxygen atoms in total. The molecule has 0 heterocycles. The number of nitrogens with zero attached hydrogens (tertiary/aromatic N) is 1. The highest BCUT2D eigenvalue weighted by molar-refractivity contribution is 14.0. The number of benzene rings is 1. The Morgan fingerprint density at radius 3 is 2.58 bits per heavy atom. The number of rotatable bonds is 6. The molecule has 6 heteroatoms. The molecule has 24 heavy (non-hydrogen) atoms. The second kappa shape index (κ2) is 9.86. The first-order valence-electron chi connectivity index (χ1n) is 8.38. The van der Waals surface area contributed by atoms with E-state index in [0.717, 1.165) is 23.8 Å². The minimum Gasteiger partial charge on any atom is -0.356 e. The first-order valence-corrected chi connectivity index (χ1v) is 8.38. The van der Waals surface area contributed by atoms with E-state index in [4.69, 9.17) is 0 Å². The van der Waals surface area contributed by atoms with Crippen LogP contribution in [0.4, 0.5) is 5.69 Å². The summed E-state index contributed by atoms with van der Waals surface area (Å²) in [5.41, 5.74) is 2.38. The molecular weight excluding hydrogens is 415 g/mol. The average molecular weight is 444 g/mol. The molecule has 0 unspecified atom stereocenters. The molecule has 0 aliphatic heterocycles. The van der Waals surface area contributed by atoms with Gasteiger partial charge in [-0.2, -0.15) is 0 Å². The molecule has 134 valence electrons. The van der Waals surface area contributed by atoms with Gasteiger partial charge in [0.1, 0.15) is 0 Å². The van der Waals surface area contributed by atoms with Crippen molar-refractivity contribution in [2.45, 2.75) is 46.1 Å². The van der Waals surface area contributed by atoms with E-state index in [0.29, 0.717) is 12.0 Å². The quantitative estimate of drug-likeness (QED) is 0.358. The smallest absolute Gasteiger partial charge is 0.221 e. The molecule has 0 aromatic heterocycles. The molecule has 3 N–H and O–H groups in total. The van der Waals surface area contributed by atoms with E-state index in [2.05, 4.69) is 27.9 Å². The van der Waals surface area contributed by atoms with Gasteiger partial charge in [0.15, 0.2) is 5.96 Å². The third kappa shape index (κ3) is 5.96. The maximum absolute atomic E-state index is 11.1. The van der Waals surface area contributed by atoms with Crippen LogP contribution in [0.3, 0.4) is 0 Å². The van der Waals surface area contributed by atoms with Gasteiger partial charge in [-0.25, -0.2) is 0 Å². The number of aliphatic imine (C=N–C) groups is 1. The SMILES string of the molecule is CCC1(CNC(=NC)NCc2cccc(NC(C)=O)c2)CCC1.I. The van der Waals surface area contributed by atoms with Crippen molar-refractivity contribution < 1.29 is 4.79 Å². The largest absolute Gasteiger partial charge is 0.356 e. The summed E-state index contributed by atoms with van der Waals surface area (Å²) in [4.78, 5) is 15.4. The summed E-state index contributed by atoms with van der Waals surface area (Å²) in [5.74, 6) is 0.771. The summed E-state index contributed by atoms with van der Waals surface area (Å²) in [6.07, 6.45) is 5.19. The lowest BCUT2D eigenvalue weighted by Crippen LogP contribution is -2.46. The number of hydrogen-bond donors (Lipinski definition) is 3. The normalized spacial score (nSPS) is 15.7. The number of anilines is 1. The standard InChI is InChI=1S/C18H28N4O.HI/c1-4-18(9-6-10-18)13-21-17(19-3)20-12-15-7-5-8-16(11-15)22-14(2)23;/h5,7-8,11H,4,6,9-10,12-13H2,1-3H3,(H,22,23)(H2,19,20,21);1H. The van der Waals surface area contributed by atoms with Gasteiger partial charge in [-0.1, -0.05) is 25.5 Å². The Labute approximate surface area is 162 Å². The molecule has 0 atom stereocenters. The molecule has 0 radical (unpaired) electrons. The molecule has 1 saturated carbocycles. The lowest BCUT2D eigenvalue weighted by Gasteiger charge is -2.41. The van der Waals surface area contributed by atoms with Gasteiger partial charge in [-0.3, -0.25) is 9.79 Å². The molecule has 1 fully saturated rings. The third-order valence-electron chi connectivity index (χ3n) is 4.73. The van der Waals surface area contributed by atoms with Crippen molar-refractivity contribution in [1.82, 2.24) is 10.6 Å². The van der Waals surface area contributed by atoms with Crippen LogP contribution in [-0.2, 0) is 11.3 Å². The lowest BCUT2D eigenvalue weighted by molar-refractivity contribution is -0.114. The first kappa shape index (κ1) is 20.7. The highest BCUT2D eigenvalue weighted by atomic mass is 127. The fourth-order valence-electron chi connectivity index (χ4n) is 2.97. The molecule has 0 spiro atoms. The first-order chi connectivity index (χ1) is 11.1. The molecule has 2 rings (SSSR count). The fourth-order valence-corrected chi connectivity index (χ4v) is 2.97. The van der Waals surface area contributed by atoms with Crippen LogP contribution >= 0.6 is 24.0 Å². The number of guanidine groups is 1. The molecule has 0 bridgehead atoms. The van der Waals surface area contributed by atoms with E-state index >= 15 is 0 Å². The predicted molar refractivity (Wildman–Crippen MR) is 111 cm³/mol. The van der Waals surface area contributed by atoms with Gasteiger partial charge in [0.25, 0.3) is 0 Å². The van der Waals surface area contributed by atoms with Crippen molar-refractivity contribution in [1.29, 1.82) is 0 Å². The van der Waals surface area contributed by atoms with Crippen molar-refractivity contribution in [2.24, 2.45) is 10.4 Å². The van der Waals surface area contributed by atoms with Crippen LogP contribution in [0.1, 0.15) is 45.1 Å². The van der Waals surface area contributed by atoms with Gasteiger partial charge >= 0.3 is 0 Å². The second-order valence-electron chi connectivity index (χ2n) is 6.37. The fraction of sp³-hybridized carbons (Fsp3) is 0.556. The zero-order valence-corrected chi connectivity index (χ0v) is 17.1. The third-order valence-corrected chi connectivity index (χ3v) is 4.73. The molecule has 1 aromatic rings. The highest BCUT2D eigenvalue weighted by Gasteiger charge is 2.34. The monoisotopic (exact) mass is 444 g/mol. The molecule has 1 aromatic carbocycles. The summed E-state index contributed by atoms with van der Waals surface area (Å²) in [6, 6.07) is 7.84. The number of hydrogen-bond acceptors (Lipinski definition) is 2. The average Bonchev–Trinajstić information content (AvgIpc) is 2.49. The summed E-state index contributed by atoms with van der Waals surface area (Å²) in [7, 11) is 1.79.